The number of carbonyl (C=O) groups is 2. The summed E-state index contributed by atoms with van der Waals surface area (Å²) in [4.78, 5) is 23.5. The van der Waals surface area contributed by atoms with Gasteiger partial charge in [0.15, 0.2) is 5.78 Å². The predicted octanol–water partition coefficient (Wildman–Crippen LogP) is 3.83. The maximum absolute atomic E-state index is 12.2. The molecule has 1 saturated heterocycles. The number of nitrogens with one attached hydrogen (secondary N) is 2. The molecule has 1 aliphatic rings. The summed E-state index contributed by atoms with van der Waals surface area (Å²) >= 11 is 0. The highest BCUT2D eigenvalue weighted by atomic mass is 16.7. The third kappa shape index (κ3) is 4.26. The van der Waals surface area contributed by atoms with E-state index in [1.54, 1.807) is 36.4 Å². The highest BCUT2D eigenvalue weighted by Gasteiger charge is 2.51. The van der Waals surface area contributed by atoms with E-state index >= 15 is 0 Å². The number of amides is 2. The first kappa shape index (κ1) is 20.1. The van der Waals surface area contributed by atoms with Gasteiger partial charge in [-0.05, 0) is 76.5 Å². The molecule has 0 aromatic heterocycles. The molecule has 2 aromatic rings. The van der Waals surface area contributed by atoms with Gasteiger partial charge in [0.2, 0.25) is 0 Å². The first-order chi connectivity index (χ1) is 13.1. The Bertz CT molecular complexity index is 860. The Balaban J connectivity index is 1.60. The summed E-state index contributed by atoms with van der Waals surface area (Å²) < 4.78 is 12.1. The van der Waals surface area contributed by atoms with Crippen LogP contribution in [0, 0.1) is 0 Å². The van der Waals surface area contributed by atoms with E-state index < -0.39 is 18.3 Å². The zero-order valence-electron chi connectivity index (χ0n) is 16.8. The molecule has 1 heterocycles. The summed E-state index contributed by atoms with van der Waals surface area (Å²) in [7, 11) is -0.437. The fourth-order valence-corrected chi connectivity index (χ4v) is 2.78. The van der Waals surface area contributed by atoms with Crippen molar-refractivity contribution in [3.8, 4) is 0 Å². The van der Waals surface area contributed by atoms with E-state index in [-0.39, 0.29) is 11.8 Å². The quantitative estimate of drug-likeness (QED) is 0.624. The van der Waals surface area contributed by atoms with Gasteiger partial charge >= 0.3 is 13.1 Å². The van der Waals surface area contributed by atoms with Gasteiger partial charge in [0, 0.05) is 16.9 Å². The number of Topliss-reactive ketones (excluding diaryl/α,β-unsaturated/α-hetero) is 1. The van der Waals surface area contributed by atoms with E-state index in [0.717, 1.165) is 5.46 Å². The average molecular weight is 380 g/mol. The molecule has 6 nitrogen and oxygen atoms in total. The zero-order chi connectivity index (χ0) is 20.5. The molecule has 0 bridgehead atoms. The lowest BCUT2D eigenvalue weighted by molar-refractivity contribution is 0.00578. The Labute approximate surface area is 165 Å². The van der Waals surface area contributed by atoms with Crippen LogP contribution in [0.2, 0.25) is 0 Å². The first-order valence-corrected chi connectivity index (χ1v) is 9.22. The average Bonchev–Trinajstić information content (AvgIpc) is 2.83. The van der Waals surface area contributed by atoms with Gasteiger partial charge in [-0.15, -0.1) is 0 Å². The summed E-state index contributed by atoms with van der Waals surface area (Å²) in [6, 6.07) is 13.7. The van der Waals surface area contributed by atoms with Gasteiger partial charge < -0.3 is 19.9 Å². The van der Waals surface area contributed by atoms with E-state index in [0.29, 0.717) is 16.9 Å². The van der Waals surface area contributed by atoms with Crippen molar-refractivity contribution in [3.05, 3.63) is 54.1 Å². The standard InChI is InChI=1S/C21H25BN2O4/c1-14(25)15-6-10-17(11-7-15)23-19(26)24-18-12-8-16(9-13-18)22-27-20(2,3)21(4,5)28-22/h6-13H,1-5H3,(H2,23,24,26). The molecule has 2 amide bonds. The van der Waals surface area contributed by atoms with Crippen molar-refractivity contribution in [1.29, 1.82) is 0 Å². The fourth-order valence-electron chi connectivity index (χ4n) is 2.78. The Hall–Kier alpha value is -2.64. The SMILES string of the molecule is CC(=O)c1ccc(NC(=O)Nc2ccc(B3OC(C)(C)C(C)(C)O3)cc2)cc1. The monoisotopic (exact) mass is 380 g/mol. The number of ketones is 1. The predicted molar refractivity (Wildman–Crippen MR) is 111 cm³/mol. The molecule has 0 atom stereocenters. The van der Waals surface area contributed by atoms with E-state index in [1.807, 2.05) is 39.8 Å². The molecular weight excluding hydrogens is 355 g/mol. The van der Waals surface area contributed by atoms with E-state index in [1.165, 1.54) is 6.92 Å². The Morgan fingerprint density at radius 3 is 1.64 bits per heavy atom. The summed E-state index contributed by atoms with van der Waals surface area (Å²) in [5, 5.41) is 5.52. The van der Waals surface area contributed by atoms with E-state index in [2.05, 4.69) is 10.6 Å². The van der Waals surface area contributed by atoms with Crippen molar-refractivity contribution in [2.45, 2.75) is 45.8 Å². The van der Waals surface area contributed by atoms with Crippen LogP contribution < -0.4 is 16.1 Å². The van der Waals surface area contributed by atoms with Crippen LogP contribution in [0.3, 0.4) is 0 Å². The molecule has 2 N–H and O–H groups in total. The summed E-state index contributed by atoms with van der Waals surface area (Å²) in [5.41, 5.74) is 1.96. The van der Waals surface area contributed by atoms with E-state index in [4.69, 9.17) is 9.31 Å². The van der Waals surface area contributed by atoms with Crippen molar-refractivity contribution in [2.24, 2.45) is 0 Å². The summed E-state index contributed by atoms with van der Waals surface area (Å²) in [6.45, 7) is 9.54. The zero-order valence-corrected chi connectivity index (χ0v) is 16.8. The molecule has 146 valence electrons. The highest BCUT2D eigenvalue weighted by Crippen LogP contribution is 2.36. The second kappa shape index (κ2) is 7.41. The van der Waals surface area contributed by atoms with E-state index in [9.17, 15) is 9.59 Å². The molecule has 0 saturated carbocycles. The van der Waals surface area contributed by atoms with Gasteiger partial charge in [-0.2, -0.15) is 0 Å². The second-order valence-corrected chi connectivity index (χ2v) is 7.92. The number of urea groups is 1. The molecule has 28 heavy (non-hydrogen) atoms. The minimum absolute atomic E-state index is 0.0157. The number of carbonyl (C=O) groups excluding carboxylic acids is 2. The van der Waals surface area contributed by atoms with Crippen LogP contribution in [-0.2, 0) is 9.31 Å². The fraction of sp³-hybridized carbons (Fsp3) is 0.333. The lowest BCUT2D eigenvalue weighted by atomic mass is 9.79. The Kier molecular flexibility index (Phi) is 5.32. The van der Waals surface area contributed by atoms with Crippen LogP contribution in [-0.4, -0.2) is 30.1 Å². The van der Waals surface area contributed by atoms with Crippen LogP contribution in [0.4, 0.5) is 16.2 Å². The topological polar surface area (TPSA) is 76.7 Å². The van der Waals surface area contributed by atoms with Gasteiger partial charge in [0.25, 0.3) is 0 Å². The van der Waals surface area contributed by atoms with Crippen LogP contribution >= 0.6 is 0 Å². The van der Waals surface area contributed by atoms with Crippen molar-refractivity contribution in [1.82, 2.24) is 0 Å². The van der Waals surface area contributed by atoms with Crippen LogP contribution in [0.25, 0.3) is 0 Å². The smallest absolute Gasteiger partial charge is 0.399 e. The van der Waals surface area contributed by atoms with Gasteiger partial charge in [0.05, 0.1) is 11.2 Å². The number of hydrogen-bond donors (Lipinski definition) is 2. The summed E-state index contributed by atoms with van der Waals surface area (Å²) in [5.74, 6) is -0.0157. The van der Waals surface area contributed by atoms with Gasteiger partial charge in [-0.3, -0.25) is 4.79 Å². The number of hydrogen-bond acceptors (Lipinski definition) is 4. The van der Waals surface area contributed by atoms with Gasteiger partial charge in [0.1, 0.15) is 0 Å². The van der Waals surface area contributed by atoms with Gasteiger partial charge in [-0.1, -0.05) is 12.1 Å². The third-order valence-corrected chi connectivity index (χ3v) is 5.24. The molecule has 0 spiro atoms. The molecule has 1 fully saturated rings. The lowest BCUT2D eigenvalue weighted by Gasteiger charge is -2.32. The summed E-state index contributed by atoms with van der Waals surface area (Å²) in [6.07, 6.45) is 0. The largest absolute Gasteiger partial charge is 0.494 e. The highest BCUT2D eigenvalue weighted by molar-refractivity contribution is 6.62. The molecule has 1 aliphatic heterocycles. The molecule has 0 aliphatic carbocycles. The lowest BCUT2D eigenvalue weighted by Crippen LogP contribution is -2.41. The Morgan fingerprint density at radius 1 is 0.786 bits per heavy atom. The third-order valence-electron chi connectivity index (χ3n) is 5.24. The van der Waals surface area contributed by atoms with Crippen LogP contribution in [0.5, 0.6) is 0 Å². The van der Waals surface area contributed by atoms with Crippen LogP contribution in [0.1, 0.15) is 45.0 Å². The minimum Gasteiger partial charge on any atom is -0.399 e. The van der Waals surface area contributed by atoms with Crippen molar-refractivity contribution in [2.75, 3.05) is 10.6 Å². The van der Waals surface area contributed by atoms with Crippen molar-refractivity contribution >= 4 is 35.8 Å². The van der Waals surface area contributed by atoms with Crippen molar-refractivity contribution < 1.29 is 18.9 Å². The Morgan fingerprint density at radius 2 is 1.21 bits per heavy atom. The molecule has 2 aromatic carbocycles. The molecule has 3 rings (SSSR count). The molecule has 7 heteroatoms. The maximum atomic E-state index is 12.2. The number of benzene rings is 2. The molecule has 0 radical (unpaired) electrons. The number of anilines is 2. The maximum Gasteiger partial charge on any atom is 0.494 e. The second-order valence-electron chi connectivity index (χ2n) is 7.92. The molecular formula is C21H25BN2O4. The molecule has 0 unspecified atom stereocenters. The van der Waals surface area contributed by atoms with Crippen LogP contribution in [0.15, 0.2) is 48.5 Å². The number of rotatable bonds is 4. The normalized spacial score (nSPS) is 17.2. The van der Waals surface area contributed by atoms with Crippen molar-refractivity contribution in [3.63, 3.8) is 0 Å². The minimum atomic E-state index is -0.437. The first-order valence-electron chi connectivity index (χ1n) is 9.22. The van der Waals surface area contributed by atoms with Gasteiger partial charge in [-0.25, -0.2) is 4.79 Å².